The van der Waals surface area contributed by atoms with Gasteiger partial charge in [-0.05, 0) is 155 Å². The zero-order chi connectivity index (χ0) is 58.0. The summed E-state index contributed by atoms with van der Waals surface area (Å²) >= 11 is 0. The Labute approximate surface area is 483 Å². The Balaban J connectivity index is 1.09. The van der Waals surface area contributed by atoms with Gasteiger partial charge in [0.25, 0.3) is 8.53 Å². The second-order valence-corrected chi connectivity index (χ2v) is 22.2. The fraction of sp³-hybridized carbons (Fsp3) is 0.439. The molecule has 436 valence electrons. The largest absolute Gasteiger partial charge is 0.497 e. The maximum Gasteiger partial charge on any atom is 0.259 e. The molecule has 6 rings (SSSR count). The molecule has 5 aromatic rings. The molecule has 0 bridgehead atoms. The molecule has 5 aromatic carbocycles. The molecule has 1 aliphatic carbocycles. The lowest BCUT2D eigenvalue weighted by Gasteiger charge is -2.37. The maximum absolute atomic E-state index is 13.7. The summed E-state index contributed by atoms with van der Waals surface area (Å²) in [5.74, 6) is 2.77. The van der Waals surface area contributed by atoms with E-state index in [0.29, 0.717) is 57.6 Å². The summed E-state index contributed by atoms with van der Waals surface area (Å²) in [6, 6.07) is 42.4. The molecule has 0 saturated heterocycles. The summed E-state index contributed by atoms with van der Waals surface area (Å²) in [7, 11) is 5.00. The first-order chi connectivity index (χ1) is 39.3. The maximum atomic E-state index is 13.7. The highest BCUT2D eigenvalue weighted by molar-refractivity contribution is 7.44. The number of amides is 2. The molecule has 15 heteroatoms. The van der Waals surface area contributed by atoms with Crippen molar-refractivity contribution >= 4 is 26.1 Å². The number of benzene rings is 5. The molecule has 0 saturated carbocycles. The van der Waals surface area contributed by atoms with E-state index in [1.165, 1.54) is 0 Å². The Hall–Kier alpha value is -6.38. The average molecular weight is 1130 g/mol. The summed E-state index contributed by atoms with van der Waals surface area (Å²) in [5, 5.41) is 14.3. The molecule has 0 aliphatic heterocycles. The Morgan fingerprint density at radius 3 is 1.38 bits per heavy atom. The summed E-state index contributed by atoms with van der Waals surface area (Å²) in [5.41, 5.74) is 4.57. The number of ether oxygens (including phenoxy) is 6. The quantitative estimate of drug-likeness (QED) is 0.0152. The molecule has 0 radical (unpaired) electrons. The van der Waals surface area contributed by atoms with Gasteiger partial charge in [0.2, 0.25) is 11.8 Å². The van der Waals surface area contributed by atoms with E-state index in [0.717, 1.165) is 82.1 Å². The van der Waals surface area contributed by atoms with Gasteiger partial charge in [0.15, 0.2) is 0 Å². The number of carbonyl (C=O) groups is 2. The third-order valence-corrected chi connectivity index (χ3v) is 16.5. The van der Waals surface area contributed by atoms with Crippen molar-refractivity contribution in [1.82, 2.24) is 15.3 Å². The molecule has 0 heterocycles. The van der Waals surface area contributed by atoms with E-state index in [2.05, 4.69) is 97.6 Å². The number of unbranched alkanes of at least 4 members (excludes halogenated alkanes) is 3. The number of allylic oxidation sites excluding steroid dienone is 2. The predicted molar refractivity (Wildman–Crippen MR) is 324 cm³/mol. The van der Waals surface area contributed by atoms with E-state index in [4.69, 9.17) is 42.9 Å². The van der Waals surface area contributed by atoms with Crippen LogP contribution in [0.5, 0.6) is 23.0 Å². The zero-order valence-electron chi connectivity index (χ0n) is 49.2. The Morgan fingerprint density at radius 1 is 0.543 bits per heavy atom. The molecule has 0 spiro atoms. The van der Waals surface area contributed by atoms with E-state index in [9.17, 15) is 9.59 Å². The standard InChI is InChI=1S/C66H87N4O10P/c1-49(2)70(50(3)4)81(79-46-43-51(5)67)80-62(48-69-64(72)26-18-20-45-78-66(53-23-15-11-16-24-53,56-31-39-60(75-8)40-32-56)57-33-41-61(76-9)42-34-57)47-68-63(71)25-17-12-19-44-77-65(52-21-13-10-14-22-52,54-27-35-58(73-6)36-28-54)55-29-37-59(74-7)38-30-55/h10,13-15,21-24,27-42,49-50,62,67H,11-12,16-20,25-26,43-48H2,1-9H3,(H,68,71)(H,69,72). The van der Waals surface area contributed by atoms with Crippen molar-refractivity contribution in [3.05, 3.63) is 179 Å². The second-order valence-electron chi connectivity index (χ2n) is 20.8. The van der Waals surface area contributed by atoms with Gasteiger partial charge in [0.05, 0.1) is 35.0 Å². The van der Waals surface area contributed by atoms with E-state index in [1.54, 1.807) is 35.4 Å². The normalized spacial score (nSPS) is 13.4. The topological polar surface area (TPSA) is 159 Å². The van der Waals surface area contributed by atoms with Crippen molar-refractivity contribution in [2.75, 3.05) is 61.3 Å². The van der Waals surface area contributed by atoms with Crippen molar-refractivity contribution in [2.24, 2.45) is 0 Å². The molecule has 81 heavy (non-hydrogen) atoms. The zero-order valence-corrected chi connectivity index (χ0v) is 50.1. The van der Waals surface area contributed by atoms with Gasteiger partial charge < -0.3 is 53.5 Å². The summed E-state index contributed by atoms with van der Waals surface area (Å²) < 4.78 is 51.6. The molecule has 3 N–H and O–H groups in total. The smallest absolute Gasteiger partial charge is 0.259 e. The van der Waals surface area contributed by atoms with Crippen LogP contribution in [0, 0.1) is 5.41 Å². The van der Waals surface area contributed by atoms with E-state index >= 15 is 0 Å². The number of hydrogen-bond acceptors (Lipinski definition) is 12. The van der Waals surface area contributed by atoms with Crippen LogP contribution in [-0.4, -0.2) is 102 Å². The van der Waals surface area contributed by atoms with Crippen LogP contribution in [0.1, 0.15) is 127 Å². The van der Waals surface area contributed by atoms with Crippen molar-refractivity contribution in [3.8, 4) is 23.0 Å². The minimum absolute atomic E-state index is 0.0806. The molecule has 14 nitrogen and oxygen atoms in total. The van der Waals surface area contributed by atoms with Crippen LogP contribution < -0.4 is 29.6 Å². The summed E-state index contributed by atoms with van der Waals surface area (Å²) in [6.45, 7) is 11.6. The minimum Gasteiger partial charge on any atom is -0.497 e. The van der Waals surface area contributed by atoms with Crippen LogP contribution >= 0.6 is 8.53 Å². The highest BCUT2D eigenvalue weighted by Gasteiger charge is 2.40. The lowest BCUT2D eigenvalue weighted by Crippen LogP contribution is -2.43. The third-order valence-electron chi connectivity index (χ3n) is 14.3. The van der Waals surface area contributed by atoms with Crippen LogP contribution in [0.25, 0.3) is 0 Å². The first kappa shape index (κ1) is 63.8. The van der Waals surface area contributed by atoms with Crippen LogP contribution in [-0.2, 0) is 39.3 Å². The van der Waals surface area contributed by atoms with Gasteiger partial charge in [-0.3, -0.25) is 9.59 Å². The first-order valence-corrected chi connectivity index (χ1v) is 29.6. The lowest BCUT2D eigenvalue weighted by molar-refractivity contribution is -0.121. The van der Waals surface area contributed by atoms with E-state index < -0.39 is 25.8 Å². The van der Waals surface area contributed by atoms with Crippen molar-refractivity contribution in [3.63, 3.8) is 0 Å². The van der Waals surface area contributed by atoms with Crippen LogP contribution in [0.15, 0.2) is 151 Å². The Kier molecular flexibility index (Phi) is 25.9. The van der Waals surface area contributed by atoms with Gasteiger partial charge in [0.1, 0.15) is 40.3 Å². The predicted octanol–water partition coefficient (Wildman–Crippen LogP) is 13.4. The average Bonchev–Trinajstić information content (AvgIpc) is 3.50. The van der Waals surface area contributed by atoms with Gasteiger partial charge >= 0.3 is 0 Å². The third kappa shape index (κ3) is 18.1. The number of rotatable bonds is 36. The van der Waals surface area contributed by atoms with Crippen LogP contribution in [0.2, 0.25) is 0 Å². The fourth-order valence-electron chi connectivity index (χ4n) is 10.1. The Morgan fingerprint density at radius 2 is 0.963 bits per heavy atom. The lowest BCUT2D eigenvalue weighted by atomic mass is 9.77. The number of carbonyl (C=O) groups excluding carboxylic acids is 2. The Bertz CT molecular complexity index is 2630. The van der Waals surface area contributed by atoms with Crippen LogP contribution in [0.4, 0.5) is 0 Å². The van der Waals surface area contributed by atoms with E-state index in [-0.39, 0.29) is 43.4 Å². The van der Waals surface area contributed by atoms with E-state index in [1.807, 2.05) is 91.0 Å². The molecule has 0 fully saturated rings. The van der Waals surface area contributed by atoms with Crippen molar-refractivity contribution in [1.29, 1.82) is 5.41 Å². The molecule has 2 amide bonds. The van der Waals surface area contributed by atoms with Gasteiger partial charge in [-0.15, -0.1) is 0 Å². The number of methoxy groups -OCH3 is 4. The molecule has 2 atom stereocenters. The molecular formula is C66H87N4O10P. The van der Waals surface area contributed by atoms with Crippen LogP contribution in [0.3, 0.4) is 0 Å². The highest BCUT2D eigenvalue weighted by Crippen LogP contribution is 2.48. The monoisotopic (exact) mass is 1130 g/mol. The first-order valence-electron chi connectivity index (χ1n) is 28.5. The van der Waals surface area contributed by atoms with Gasteiger partial charge in [-0.2, -0.15) is 0 Å². The van der Waals surface area contributed by atoms with Gasteiger partial charge in [-0.1, -0.05) is 104 Å². The van der Waals surface area contributed by atoms with Gasteiger partial charge in [-0.25, -0.2) is 4.67 Å². The number of hydrogen-bond donors (Lipinski definition) is 3. The molecule has 2 unspecified atom stereocenters. The molecular weight excluding hydrogens is 1040 g/mol. The van der Waals surface area contributed by atoms with Gasteiger partial charge in [0, 0.05) is 63.4 Å². The fourth-order valence-corrected chi connectivity index (χ4v) is 11.8. The van der Waals surface area contributed by atoms with Crippen molar-refractivity contribution < 1.29 is 47.1 Å². The highest BCUT2D eigenvalue weighted by atomic mass is 31.2. The number of nitrogens with zero attached hydrogens (tertiary/aromatic N) is 1. The minimum atomic E-state index is -1.63. The summed E-state index contributed by atoms with van der Waals surface area (Å²) in [4.78, 5) is 27.3. The van der Waals surface area contributed by atoms with Crippen molar-refractivity contribution in [2.45, 2.75) is 128 Å². The number of nitrogens with one attached hydrogen (secondary N) is 3. The SMILES string of the molecule is COc1ccc(C(OCCCCC(=O)NCC(CNC(=O)CCCCCOC(c2ccccc2)(c2ccc(OC)cc2)c2ccc(OC)cc2)OP(OCCC(C)=N)N(C(C)C)C(C)C)(C2=CCCC=C2)c2ccc(OC)cc2)cc1. The summed E-state index contributed by atoms with van der Waals surface area (Å²) in [6.07, 6.45) is 12.2. The molecule has 1 aliphatic rings. The second kappa shape index (κ2) is 32.9. The molecule has 0 aromatic heterocycles.